The SMILES string of the molecule is C1CCCCCNN=NCCCC1. The van der Waals surface area contributed by atoms with Gasteiger partial charge in [0.1, 0.15) is 0 Å². The molecule has 0 bridgehead atoms. The Balaban J connectivity index is 2.09. The second-order valence-corrected chi connectivity index (χ2v) is 3.70. The molecule has 0 unspecified atom stereocenters. The lowest BCUT2D eigenvalue weighted by Gasteiger charge is -1.99. The molecule has 76 valence electrons. The van der Waals surface area contributed by atoms with Crippen LogP contribution in [0.1, 0.15) is 51.4 Å². The fourth-order valence-electron chi connectivity index (χ4n) is 1.60. The molecular formula is C10H21N3. The predicted molar refractivity (Wildman–Crippen MR) is 54.7 cm³/mol. The van der Waals surface area contributed by atoms with E-state index in [1.807, 2.05) is 0 Å². The molecule has 0 amide bonds. The molecule has 3 heteroatoms. The van der Waals surface area contributed by atoms with Gasteiger partial charge in [0.25, 0.3) is 0 Å². The molecule has 1 N–H and O–H groups in total. The van der Waals surface area contributed by atoms with Crippen molar-refractivity contribution in [2.75, 3.05) is 13.1 Å². The molecule has 1 rings (SSSR count). The van der Waals surface area contributed by atoms with Gasteiger partial charge in [-0.15, -0.1) is 0 Å². The Bertz CT molecular complexity index is 120. The molecule has 0 aromatic carbocycles. The molecule has 0 saturated carbocycles. The summed E-state index contributed by atoms with van der Waals surface area (Å²) >= 11 is 0. The lowest BCUT2D eigenvalue weighted by molar-refractivity contribution is 0.565. The summed E-state index contributed by atoms with van der Waals surface area (Å²) in [6.45, 7) is 1.89. The van der Waals surface area contributed by atoms with E-state index in [1.165, 1.54) is 51.4 Å². The molecule has 13 heavy (non-hydrogen) atoms. The van der Waals surface area contributed by atoms with Crippen molar-refractivity contribution < 1.29 is 0 Å². The molecule has 0 fully saturated rings. The van der Waals surface area contributed by atoms with Crippen molar-refractivity contribution in [3.8, 4) is 0 Å². The van der Waals surface area contributed by atoms with Crippen molar-refractivity contribution >= 4 is 0 Å². The summed E-state index contributed by atoms with van der Waals surface area (Å²) in [4.78, 5) is 0. The van der Waals surface area contributed by atoms with Gasteiger partial charge in [-0.1, -0.05) is 43.7 Å². The van der Waals surface area contributed by atoms with Gasteiger partial charge in [-0.2, -0.15) is 5.11 Å². The van der Waals surface area contributed by atoms with Crippen molar-refractivity contribution in [3.05, 3.63) is 0 Å². The Morgan fingerprint density at radius 1 is 0.692 bits per heavy atom. The average Bonchev–Trinajstić information content (AvgIpc) is 2.18. The van der Waals surface area contributed by atoms with Crippen molar-refractivity contribution in [1.82, 2.24) is 5.43 Å². The fourth-order valence-corrected chi connectivity index (χ4v) is 1.60. The van der Waals surface area contributed by atoms with E-state index in [2.05, 4.69) is 15.8 Å². The van der Waals surface area contributed by atoms with E-state index in [0.29, 0.717) is 0 Å². The van der Waals surface area contributed by atoms with Crippen LogP contribution < -0.4 is 5.43 Å². The van der Waals surface area contributed by atoms with E-state index in [1.54, 1.807) is 0 Å². The third-order valence-corrected chi connectivity index (χ3v) is 2.44. The summed E-state index contributed by atoms with van der Waals surface area (Å²) in [7, 11) is 0. The standard InChI is InChI=1S/C10H21N3/c1-2-4-6-8-10-12-13-11-9-7-5-3-1/h1-10H2,(H,11,12). The molecule has 0 aromatic rings. The summed E-state index contributed by atoms with van der Waals surface area (Å²) in [5.74, 6) is 0. The second-order valence-electron chi connectivity index (χ2n) is 3.70. The number of nitrogens with zero attached hydrogens (tertiary/aromatic N) is 2. The number of hydrogen-bond donors (Lipinski definition) is 1. The maximum absolute atomic E-state index is 4.05. The van der Waals surface area contributed by atoms with Gasteiger partial charge in [-0.3, -0.25) is 5.43 Å². The van der Waals surface area contributed by atoms with Crippen LogP contribution in [0.15, 0.2) is 10.3 Å². The summed E-state index contributed by atoms with van der Waals surface area (Å²) in [6.07, 6.45) is 10.7. The quantitative estimate of drug-likeness (QED) is 0.615. The minimum atomic E-state index is 0.896. The van der Waals surface area contributed by atoms with Gasteiger partial charge in [0.05, 0.1) is 6.54 Å². The molecule has 0 atom stereocenters. The third-order valence-electron chi connectivity index (χ3n) is 2.44. The first-order chi connectivity index (χ1) is 6.50. The Morgan fingerprint density at radius 3 is 2.08 bits per heavy atom. The molecule has 0 saturated heterocycles. The molecule has 3 nitrogen and oxygen atoms in total. The summed E-state index contributed by atoms with van der Waals surface area (Å²) in [6, 6.07) is 0. The number of rotatable bonds is 0. The van der Waals surface area contributed by atoms with E-state index in [0.717, 1.165) is 13.1 Å². The first kappa shape index (κ1) is 10.5. The average molecular weight is 183 g/mol. The number of nitrogens with one attached hydrogen (secondary N) is 1. The van der Waals surface area contributed by atoms with Gasteiger partial charge in [-0.05, 0) is 12.8 Å². The van der Waals surface area contributed by atoms with Crippen molar-refractivity contribution in [3.63, 3.8) is 0 Å². The first-order valence-electron chi connectivity index (χ1n) is 5.59. The molecule has 1 aliphatic rings. The van der Waals surface area contributed by atoms with Crippen LogP contribution in [0.5, 0.6) is 0 Å². The number of hydrogen-bond acceptors (Lipinski definition) is 3. The smallest absolute Gasteiger partial charge is 0.0620 e. The molecular weight excluding hydrogens is 162 g/mol. The zero-order valence-electron chi connectivity index (χ0n) is 8.47. The van der Waals surface area contributed by atoms with Crippen molar-refractivity contribution in [2.24, 2.45) is 10.3 Å². The van der Waals surface area contributed by atoms with Crippen LogP contribution in [-0.2, 0) is 0 Å². The monoisotopic (exact) mass is 183 g/mol. The zero-order valence-corrected chi connectivity index (χ0v) is 8.47. The van der Waals surface area contributed by atoms with Crippen LogP contribution in [0.2, 0.25) is 0 Å². The third kappa shape index (κ3) is 6.55. The highest BCUT2D eigenvalue weighted by atomic mass is 15.4. The topological polar surface area (TPSA) is 36.8 Å². The van der Waals surface area contributed by atoms with E-state index < -0.39 is 0 Å². The Kier molecular flexibility index (Phi) is 6.47. The lowest BCUT2D eigenvalue weighted by Crippen LogP contribution is -2.06. The predicted octanol–water partition coefficient (Wildman–Crippen LogP) is 3.08. The summed E-state index contributed by atoms with van der Waals surface area (Å²) in [5, 5.41) is 7.96. The highest BCUT2D eigenvalue weighted by Gasteiger charge is 1.93. The van der Waals surface area contributed by atoms with E-state index in [4.69, 9.17) is 0 Å². The van der Waals surface area contributed by atoms with Gasteiger partial charge in [0.15, 0.2) is 0 Å². The van der Waals surface area contributed by atoms with Crippen molar-refractivity contribution in [2.45, 2.75) is 51.4 Å². The van der Waals surface area contributed by atoms with Crippen molar-refractivity contribution in [1.29, 1.82) is 0 Å². The highest BCUT2D eigenvalue weighted by Crippen LogP contribution is 2.08. The highest BCUT2D eigenvalue weighted by molar-refractivity contribution is 4.50. The Hall–Kier alpha value is -0.600. The maximum atomic E-state index is 4.05. The molecule has 0 aromatic heterocycles. The Labute approximate surface area is 81.0 Å². The van der Waals surface area contributed by atoms with Gasteiger partial charge in [0, 0.05) is 6.54 Å². The van der Waals surface area contributed by atoms with Gasteiger partial charge < -0.3 is 0 Å². The van der Waals surface area contributed by atoms with E-state index >= 15 is 0 Å². The van der Waals surface area contributed by atoms with E-state index in [9.17, 15) is 0 Å². The zero-order chi connectivity index (χ0) is 9.19. The summed E-state index contributed by atoms with van der Waals surface area (Å²) in [5.41, 5.74) is 2.98. The van der Waals surface area contributed by atoms with Crippen LogP contribution in [-0.4, -0.2) is 13.1 Å². The van der Waals surface area contributed by atoms with Gasteiger partial charge in [0.2, 0.25) is 0 Å². The van der Waals surface area contributed by atoms with Crippen LogP contribution in [0.25, 0.3) is 0 Å². The van der Waals surface area contributed by atoms with Gasteiger partial charge >= 0.3 is 0 Å². The molecule has 0 aliphatic carbocycles. The normalized spacial score (nSPS) is 22.2. The lowest BCUT2D eigenvalue weighted by atomic mass is 10.1. The van der Waals surface area contributed by atoms with E-state index in [-0.39, 0.29) is 0 Å². The minimum absolute atomic E-state index is 0.896. The molecule has 0 radical (unpaired) electrons. The van der Waals surface area contributed by atoms with Crippen LogP contribution in [0, 0.1) is 0 Å². The van der Waals surface area contributed by atoms with Crippen LogP contribution in [0.3, 0.4) is 0 Å². The minimum Gasteiger partial charge on any atom is -0.292 e. The second kappa shape index (κ2) is 8.02. The fraction of sp³-hybridized carbons (Fsp3) is 1.00. The summed E-state index contributed by atoms with van der Waals surface area (Å²) < 4.78 is 0. The van der Waals surface area contributed by atoms with Gasteiger partial charge in [-0.25, -0.2) is 0 Å². The maximum Gasteiger partial charge on any atom is 0.0620 e. The van der Waals surface area contributed by atoms with Crippen LogP contribution >= 0.6 is 0 Å². The molecule has 1 heterocycles. The molecule has 0 spiro atoms. The van der Waals surface area contributed by atoms with Crippen LogP contribution in [0.4, 0.5) is 0 Å². The Morgan fingerprint density at radius 2 is 1.31 bits per heavy atom. The largest absolute Gasteiger partial charge is 0.292 e. The first-order valence-corrected chi connectivity index (χ1v) is 5.59. The molecule has 1 aliphatic heterocycles.